The van der Waals surface area contributed by atoms with Crippen LogP contribution in [0, 0.1) is 11.8 Å². The van der Waals surface area contributed by atoms with Gasteiger partial charge in [-0.1, -0.05) is 20.3 Å². The lowest BCUT2D eigenvalue weighted by Gasteiger charge is -2.25. The maximum absolute atomic E-state index is 11.7. The number of hydrogen-bond donors (Lipinski definition) is 3. The van der Waals surface area contributed by atoms with Crippen molar-refractivity contribution in [3.63, 3.8) is 0 Å². The van der Waals surface area contributed by atoms with E-state index in [2.05, 4.69) is 28.9 Å². The maximum atomic E-state index is 11.7. The van der Waals surface area contributed by atoms with E-state index in [9.17, 15) is 8.42 Å². The van der Waals surface area contributed by atoms with E-state index in [1.165, 1.54) is 6.42 Å². The lowest BCUT2D eigenvalue weighted by atomic mass is 9.86. The molecule has 0 amide bonds. The number of hydrogen-bond acceptors (Lipinski definition) is 3. The molecule has 0 aliphatic heterocycles. The van der Waals surface area contributed by atoms with E-state index in [1.807, 2.05) is 0 Å². The van der Waals surface area contributed by atoms with Gasteiger partial charge < -0.3 is 11.1 Å². The first-order valence-corrected chi connectivity index (χ1v) is 9.05. The summed E-state index contributed by atoms with van der Waals surface area (Å²) in [7, 11) is -3.21. The highest BCUT2D eigenvalue weighted by Crippen LogP contribution is 2.25. The minimum atomic E-state index is -3.21. The van der Waals surface area contributed by atoms with E-state index in [1.54, 1.807) is 0 Å². The summed E-state index contributed by atoms with van der Waals surface area (Å²) in [6, 6.07) is 0. The van der Waals surface area contributed by atoms with Gasteiger partial charge in [0, 0.05) is 19.6 Å². The number of guanidine groups is 1. The van der Waals surface area contributed by atoms with Gasteiger partial charge in [0.1, 0.15) is 0 Å². The van der Waals surface area contributed by atoms with Crippen molar-refractivity contribution in [2.24, 2.45) is 22.6 Å². The fourth-order valence-electron chi connectivity index (χ4n) is 1.83. The smallest absolute Gasteiger partial charge is 0.213 e. The van der Waals surface area contributed by atoms with Crippen LogP contribution in [0.5, 0.6) is 0 Å². The van der Waals surface area contributed by atoms with Crippen LogP contribution in [0.4, 0.5) is 0 Å². The monoisotopic (exact) mass is 304 g/mol. The fraction of sp³-hybridized carbons (Fsp3) is 0.923. The first-order valence-electron chi connectivity index (χ1n) is 7.40. The zero-order chi connectivity index (χ0) is 15.0. The zero-order valence-corrected chi connectivity index (χ0v) is 13.4. The minimum Gasteiger partial charge on any atom is -0.370 e. The predicted octanol–water partition coefficient (Wildman–Crippen LogP) is 0.656. The van der Waals surface area contributed by atoms with Crippen LogP contribution in [-0.4, -0.2) is 39.8 Å². The summed E-state index contributed by atoms with van der Waals surface area (Å²) in [4.78, 5) is 4.15. The molecule has 118 valence electrons. The molecule has 0 spiro atoms. The molecule has 1 aliphatic carbocycles. The highest BCUT2D eigenvalue weighted by atomic mass is 32.2. The largest absolute Gasteiger partial charge is 0.370 e. The number of nitrogens with zero attached hydrogens (tertiary/aromatic N) is 1. The molecule has 4 N–H and O–H groups in total. The molecule has 1 fully saturated rings. The number of aliphatic imine (C=N–C) groups is 1. The molecule has 1 rings (SSSR count). The first-order chi connectivity index (χ1) is 9.39. The quantitative estimate of drug-likeness (QED) is 0.430. The van der Waals surface area contributed by atoms with E-state index >= 15 is 0 Å². The molecule has 0 atom stereocenters. The molecule has 1 saturated carbocycles. The highest BCUT2D eigenvalue weighted by molar-refractivity contribution is 7.89. The van der Waals surface area contributed by atoms with E-state index in [4.69, 9.17) is 5.73 Å². The highest BCUT2D eigenvalue weighted by Gasteiger charge is 2.19. The standard InChI is InChI=1S/C13H28N4O2S/c1-11(2)6-7-15-13(14)16-8-9-20(18,19)17-10-12-4-3-5-12/h11-12,17H,3-10H2,1-2H3,(H3,14,15,16). The Hall–Kier alpha value is -0.820. The molecular formula is C13H28N4O2S. The van der Waals surface area contributed by atoms with E-state index in [0.29, 0.717) is 30.9 Å². The second-order valence-electron chi connectivity index (χ2n) is 5.84. The Morgan fingerprint density at radius 2 is 2.10 bits per heavy atom. The van der Waals surface area contributed by atoms with Gasteiger partial charge in [0.2, 0.25) is 10.0 Å². The molecule has 0 aromatic rings. The molecule has 0 radical (unpaired) electrons. The van der Waals surface area contributed by atoms with Crippen LogP contribution in [0.3, 0.4) is 0 Å². The van der Waals surface area contributed by atoms with Crippen molar-refractivity contribution in [1.82, 2.24) is 10.0 Å². The van der Waals surface area contributed by atoms with Gasteiger partial charge in [-0.2, -0.15) is 0 Å². The van der Waals surface area contributed by atoms with Crippen LogP contribution < -0.4 is 15.8 Å². The average molecular weight is 304 g/mol. The maximum Gasteiger partial charge on any atom is 0.213 e. The van der Waals surface area contributed by atoms with Gasteiger partial charge in [-0.3, -0.25) is 4.99 Å². The molecule has 0 aromatic carbocycles. The van der Waals surface area contributed by atoms with Gasteiger partial charge in [-0.15, -0.1) is 0 Å². The Balaban J connectivity index is 2.14. The van der Waals surface area contributed by atoms with Crippen molar-refractivity contribution in [3.05, 3.63) is 0 Å². The molecule has 0 saturated heterocycles. The lowest BCUT2D eigenvalue weighted by Crippen LogP contribution is -2.39. The number of nitrogens with two attached hydrogens (primary N) is 1. The average Bonchev–Trinajstić information content (AvgIpc) is 2.25. The Morgan fingerprint density at radius 3 is 2.65 bits per heavy atom. The van der Waals surface area contributed by atoms with Crippen LogP contribution in [0.2, 0.25) is 0 Å². The van der Waals surface area contributed by atoms with Gasteiger partial charge in [0.15, 0.2) is 5.96 Å². The number of nitrogens with one attached hydrogen (secondary N) is 2. The van der Waals surface area contributed by atoms with E-state index in [-0.39, 0.29) is 12.3 Å². The molecule has 7 heteroatoms. The third-order valence-electron chi connectivity index (χ3n) is 3.48. The minimum absolute atomic E-state index is 0.0279. The van der Waals surface area contributed by atoms with Crippen LogP contribution in [0.1, 0.15) is 39.5 Å². The Morgan fingerprint density at radius 1 is 1.40 bits per heavy atom. The van der Waals surface area contributed by atoms with Crippen molar-refractivity contribution >= 4 is 16.0 Å². The van der Waals surface area contributed by atoms with Crippen molar-refractivity contribution in [2.75, 3.05) is 25.4 Å². The third kappa shape index (κ3) is 7.69. The van der Waals surface area contributed by atoms with E-state index < -0.39 is 10.0 Å². The molecule has 20 heavy (non-hydrogen) atoms. The zero-order valence-electron chi connectivity index (χ0n) is 12.6. The molecule has 0 heterocycles. The Bertz CT molecular complexity index is 403. The van der Waals surface area contributed by atoms with Gasteiger partial charge in [-0.05, 0) is 31.1 Å². The van der Waals surface area contributed by atoms with E-state index in [0.717, 1.165) is 19.3 Å². The van der Waals surface area contributed by atoms with Crippen molar-refractivity contribution in [3.8, 4) is 0 Å². The summed E-state index contributed by atoms with van der Waals surface area (Å²) in [5.41, 5.74) is 5.67. The van der Waals surface area contributed by atoms with Crippen LogP contribution >= 0.6 is 0 Å². The summed E-state index contributed by atoms with van der Waals surface area (Å²) >= 11 is 0. The Kier molecular flexibility index (Phi) is 7.29. The van der Waals surface area contributed by atoms with Crippen molar-refractivity contribution in [1.29, 1.82) is 0 Å². The summed E-state index contributed by atoms with van der Waals surface area (Å²) in [6.45, 7) is 5.78. The van der Waals surface area contributed by atoms with Crippen LogP contribution in [0.25, 0.3) is 0 Å². The molecule has 6 nitrogen and oxygen atoms in total. The summed E-state index contributed by atoms with van der Waals surface area (Å²) in [5, 5.41) is 2.84. The summed E-state index contributed by atoms with van der Waals surface area (Å²) < 4.78 is 26.1. The molecule has 1 aliphatic rings. The van der Waals surface area contributed by atoms with Crippen LogP contribution in [-0.2, 0) is 10.0 Å². The lowest BCUT2D eigenvalue weighted by molar-refractivity contribution is 0.316. The molecule has 0 unspecified atom stereocenters. The van der Waals surface area contributed by atoms with Crippen LogP contribution in [0.15, 0.2) is 4.99 Å². The van der Waals surface area contributed by atoms with Gasteiger partial charge in [0.05, 0.1) is 5.75 Å². The predicted molar refractivity (Wildman–Crippen MR) is 83.1 cm³/mol. The molecular weight excluding hydrogens is 276 g/mol. The van der Waals surface area contributed by atoms with Gasteiger partial charge in [-0.25, -0.2) is 13.1 Å². The summed E-state index contributed by atoms with van der Waals surface area (Å²) in [6.07, 6.45) is 4.47. The summed E-state index contributed by atoms with van der Waals surface area (Å²) in [5.74, 6) is 1.46. The van der Waals surface area contributed by atoms with Crippen molar-refractivity contribution in [2.45, 2.75) is 39.5 Å². The SMILES string of the molecule is CC(C)CCN=C(N)NCCS(=O)(=O)NCC1CCC1. The third-order valence-corrected chi connectivity index (χ3v) is 4.83. The van der Waals surface area contributed by atoms with Crippen molar-refractivity contribution < 1.29 is 8.42 Å². The normalized spacial score (nSPS) is 17.2. The number of rotatable bonds is 9. The number of sulfonamides is 1. The van der Waals surface area contributed by atoms with Gasteiger partial charge >= 0.3 is 0 Å². The second-order valence-corrected chi connectivity index (χ2v) is 7.77. The first kappa shape index (κ1) is 17.2. The second kappa shape index (κ2) is 8.46. The Labute approximate surface area is 122 Å². The molecule has 0 bridgehead atoms. The van der Waals surface area contributed by atoms with Gasteiger partial charge in [0.25, 0.3) is 0 Å². The molecule has 0 aromatic heterocycles. The fourth-order valence-corrected chi connectivity index (χ4v) is 2.83. The topological polar surface area (TPSA) is 96.6 Å².